The Hall–Kier alpha value is -1.77. The number of aryl methyl sites for hydroxylation is 1. The fourth-order valence-corrected chi connectivity index (χ4v) is 4.83. The minimum Gasteiger partial charge on any atom is -0.339 e. The van der Waals surface area contributed by atoms with Crippen LogP contribution in [-0.2, 0) is 0 Å². The summed E-state index contributed by atoms with van der Waals surface area (Å²) in [5.41, 5.74) is 0.479. The number of rotatable bonds is 3. The van der Waals surface area contributed by atoms with Crippen LogP contribution in [0.1, 0.15) is 41.0 Å². The zero-order valence-electron chi connectivity index (χ0n) is 13.4. The first kappa shape index (κ1) is 16.7. The van der Waals surface area contributed by atoms with E-state index >= 15 is 0 Å². The van der Waals surface area contributed by atoms with E-state index < -0.39 is 0 Å². The monoisotopic (exact) mass is 394 g/mol. The number of hydrogen-bond acceptors (Lipinski definition) is 7. The minimum atomic E-state index is -0.0499. The van der Waals surface area contributed by atoms with Crippen molar-refractivity contribution in [2.75, 3.05) is 13.1 Å². The van der Waals surface area contributed by atoms with Crippen molar-refractivity contribution in [3.8, 4) is 9.88 Å². The molecule has 0 spiro atoms. The third kappa shape index (κ3) is 3.47. The van der Waals surface area contributed by atoms with Gasteiger partial charge < -0.3 is 9.42 Å². The van der Waals surface area contributed by atoms with Gasteiger partial charge >= 0.3 is 0 Å². The van der Waals surface area contributed by atoms with Gasteiger partial charge in [0.05, 0.1) is 15.1 Å². The first-order chi connectivity index (χ1) is 12.1. The normalized spacial score (nSPS) is 17.8. The van der Waals surface area contributed by atoms with Crippen LogP contribution in [0.15, 0.2) is 22.0 Å². The molecule has 1 fully saturated rings. The van der Waals surface area contributed by atoms with Gasteiger partial charge in [0.25, 0.3) is 5.91 Å². The van der Waals surface area contributed by atoms with E-state index in [9.17, 15) is 4.79 Å². The third-order valence-corrected chi connectivity index (χ3v) is 6.35. The van der Waals surface area contributed by atoms with Crippen molar-refractivity contribution in [2.24, 2.45) is 0 Å². The molecule has 1 atom stereocenters. The van der Waals surface area contributed by atoms with Gasteiger partial charge in [-0.2, -0.15) is 4.98 Å². The van der Waals surface area contributed by atoms with Gasteiger partial charge in [-0.25, -0.2) is 4.98 Å². The molecular weight excluding hydrogens is 380 g/mol. The van der Waals surface area contributed by atoms with Crippen molar-refractivity contribution < 1.29 is 9.32 Å². The molecular formula is C16H15ClN4O2S2. The second-order valence-corrected chi connectivity index (χ2v) is 8.48. The van der Waals surface area contributed by atoms with Crippen molar-refractivity contribution >= 4 is 40.2 Å². The van der Waals surface area contributed by atoms with E-state index in [1.807, 2.05) is 22.4 Å². The van der Waals surface area contributed by atoms with Crippen LogP contribution >= 0.6 is 34.3 Å². The highest BCUT2D eigenvalue weighted by molar-refractivity contribution is 7.23. The number of nitrogens with zero attached hydrogens (tertiary/aromatic N) is 4. The Labute approximate surface area is 157 Å². The third-order valence-electron chi connectivity index (χ3n) is 4.11. The number of carbonyl (C=O) groups excluding carboxylic acids is 1. The lowest BCUT2D eigenvalue weighted by Crippen LogP contribution is -2.39. The van der Waals surface area contributed by atoms with Crippen LogP contribution < -0.4 is 0 Å². The first-order valence-corrected chi connectivity index (χ1v) is 9.98. The largest absolute Gasteiger partial charge is 0.339 e. The Kier molecular flexibility index (Phi) is 4.58. The van der Waals surface area contributed by atoms with E-state index in [0.717, 1.165) is 29.3 Å². The lowest BCUT2D eigenvalue weighted by molar-refractivity contribution is 0.0690. The molecule has 1 aliphatic heterocycles. The van der Waals surface area contributed by atoms with Gasteiger partial charge in [-0.1, -0.05) is 16.8 Å². The molecule has 4 rings (SSSR count). The quantitative estimate of drug-likeness (QED) is 0.664. The lowest BCUT2D eigenvalue weighted by atomic mass is 9.98. The Morgan fingerprint density at radius 1 is 1.40 bits per heavy atom. The molecule has 4 heterocycles. The lowest BCUT2D eigenvalue weighted by Gasteiger charge is -2.30. The summed E-state index contributed by atoms with van der Waals surface area (Å²) in [6.07, 6.45) is 1.86. The summed E-state index contributed by atoms with van der Waals surface area (Å²) in [7, 11) is 0. The van der Waals surface area contributed by atoms with Crippen molar-refractivity contribution in [3.05, 3.63) is 39.3 Å². The molecule has 130 valence electrons. The zero-order chi connectivity index (χ0) is 17.4. The molecule has 6 nitrogen and oxygen atoms in total. The highest BCUT2D eigenvalue weighted by atomic mass is 35.5. The molecule has 0 aromatic carbocycles. The number of aromatic nitrogens is 3. The maximum absolute atomic E-state index is 12.8. The van der Waals surface area contributed by atoms with E-state index in [4.69, 9.17) is 16.1 Å². The van der Waals surface area contributed by atoms with Gasteiger partial charge in [0.15, 0.2) is 5.82 Å². The SMILES string of the molecule is Cc1noc(C2CCCN(C(=O)c3csc(-c4ccc(Cl)s4)n3)C2)n1. The van der Waals surface area contributed by atoms with Crippen LogP contribution in [0, 0.1) is 6.92 Å². The number of hydrogen-bond donors (Lipinski definition) is 0. The summed E-state index contributed by atoms with van der Waals surface area (Å²) < 4.78 is 5.99. The van der Waals surface area contributed by atoms with E-state index in [2.05, 4.69) is 15.1 Å². The zero-order valence-corrected chi connectivity index (χ0v) is 15.8. The first-order valence-electron chi connectivity index (χ1n) is 7.91. The average Bonchev–Trinajstić information content (AvgIpc) is 3.34. The maximum Gasteiger partial charge on any atom is 0.273 e. The van der Waals surface area contributed by atoms with Gasteiger partial charge in [-0.15, -0.1) is 22.7 Å². The van der Waals surface area contributed by atoms with Crippen molar-refractivity contribution in [1.29, 1.82) is 0 Å². The van der Waals surface area contributed by atoms with Crippen LogP contribution in [0.4, 0.5) is 0 Å². The predicted molar refractivity (Wildman–Crippen MR) is 97.4 cm³/mol. The molecule has 25 heavy (non-hydrogen) atoms. The smallest absolute Gasteiger partial charge is 0.273 e. The number of likely N-dealkylation sites (tertiary alicyclic amines) is 1. The van der Waals surface area contributed by atoms with Gasteiger partial charge in [0.2, 0.25) is 5.89 Å². The topological polar surface area (TPSA) is 72.1 Å². The fraction of sp³-hybridized carbons (Fsp3) is 0.375. The molecule has 0 aliphatic carbocycles. The minimum absolute atomic E-state index is 0.0499. The van der Waals surface area contributed by atoms with Crippen LogP contribution in [-0.4, -0.2) is 39.0 Å². The second kappa shape index (κ2) is 6.86. The van der Waals surface area contributed by atoms with Gasteiger partial charge in [0.1, 0.15) is 10.7 Å². The summed E-state index contributed by atoms with van der Waals surface area (Å²) >= 11 is 8.90. The highest BCUT2D eigenvalue weighted by Gasteiger charge is 2.29. The standard InChI is InChI=1S/C16H15ClN4O2S2/c1-9-18-14(23-20-9)10-3-2-6-21(7-10)16(22)11-8-24-15(19-11)12-4-5-13(17)25-12/h4-5,8,10H,2-3,6-7H2,1H3. The molecule has 1 aliphatic rings. The number of piperidine rings is 1. The van der Waals surface area contributed by atoms with Crippen molar-refractivity contribution in [2.45, 2.75) is 25.7 Å². The van der Waals surface area contributed by atoms with Crippen LogP contribution in [0.2, 0.25) is 4.34 Å². The molecule has 0 N–H and O–H groups in total. The summed E-state index contributed by atoms with van der Waals surface area (Å²) in [5.74, 6) is 1.28. The Balaban J connectivity index is 1.49. The van der Waals surface area contributed by atoms with Crippen LogP contribution in [0.25, 0.3) is 9.88 Å². The van der Waals surface area contributed by atoms with Gasteiger partial charge in [-0.05, 0) is 31.9 Å². The molecule has 0 saturated carbocycles. The van der Waals surface area contributed by atoms with Crippen molar-refractivity contribution in [3.63, 3.8) is 0 Å². The van der Waals surface area contributed by atoms with E-state index in [-0.39, 0.29) is 11.8 Å². The second-order valence-electron chi connectivity index (χ2n) is 5.91. The van der Waals surface area contributed by atoms with E-state index in [1.54, 1.807) is 6.92 Å². The fourth-order valence-electron chi connectivity index (χ4n) is 2.92. The number of amides is 1. The molecule has 3 aromatic rings. The highest BCUT2D eigenvalue weighted by Crippen LogP contribution is 2.33. The molecule has 1 amide bonds. The number of thiophene rings is 1. The molecule has 0 bridgehead atoms. The molecule has 1 saturated heterocycles. The number of carbonyl (C=O) groups is 1. The summed E-state index contributed by atoms with van der Waals surface area (Å²) in [5, 5.41) is 6.48. The molecule has 9 heteroatoms. The van der Waals surface area contributed by atoms with Crippen LogP contribution in [0.5, 0.6) is 0 Å². The molecule has 0 radical (unpaired) electrons. The summed E-state index contributed by atoms with van der Waals surface area (Å²) in [6, 6.07) is 3.76. The van der Waals surface area contributed by atoms with Gasteiger partial charge in [0, 0.05) is 18.5 Å². The average molecular weight is 395 g/mol. The molecule has 3 aromatic heterocycles. The Morgan fingerprint density at radius 2 is 2.28 bits per heavy atom. The maximum atomic E-state index is 12.8. The summed E-state index contributed by atoms with van der Waals surface area (Å²) in [4.78, 5) is 24.4. The predicted octanol–water partition coefficient (Wildman–Crippen LogP) is 4.24. The van der Waals surface area contributed by atoms with Crippen LogP contribution in [0.3, 0.4) is 0 Å². The van der Waals surface area contributed by atoms with Crippen molar-refractivity contribution in [1.82, 2.24) is 20.0 Å². The number of thiazole rings is 1. The summed E-state index contributed by atoms with van der Waals surface area (Å²) in [6.45, 7) is 3.10. The Bertz CT molecular complexity index is 903. The van der Waals surface area contributed by atoms with E-state index in [1.165, 1.54) is 22.7 Å². The van der Waals surface area contributed by atoms with E-state index in [0.29, 0.717) is 28.3 Å². The number of halogens is 1. The Morgan fingerprint density at radius 3 is 3.00 bits per heavy atom. The van der Waals surface area contributed by atoms with Gasteiger partial charge in [-0.3, -0.25) is 4.79 Å². The molecule has 1 unspecified atom stereocenters.